The van der Waals surface area contributed by atoms with E-state index in [2.05, 4.69) is 4.98 Å². The van der Waals surface area contributed by atoms with Crippen molar-refractivity contribution in [3.05, 3.63) is 99.0 Å². The number of aryl methyl sites for hydroxylation is 1. The maximum atomic E-state index is 14.2. The van der Waals surface area contributed by atoms with Crippen LogP contribution in [-0.2, 0) is 16.0 Å². The second-order valence-electron chi connectivity index (χ2n) is 9.62. The fourth-order valence-electron chi connectivity index (χ4n) is 5.21. The highest BCUT2D eigenvalue weighted by Gasteiger charge is 2.28. The number of benzene rings is 2. The fraction of sp³-hybridized carbons (Fsp3) is 0.300. The van der Waals surface area contributed by atoms with Gasteiger partial charge in [0.2, 0.25) is 5.89 Å². The molecule has 1 unspecified atom stereocenters. The van der Waals surface area contributed by atoms with Crippen LogP contribution in [0.1, 0.15) is 30.1 Å². The van der Waals surface area contributed by atoms with E-state index < -0.39 is 11.8 Å². The van der Waals surface area contributed by atoms with Crippen molar-refractivity contribution in [3.63, 3.8) is 0 Å². The number of nitrogens with zero attached hydrogens (tertiary/aromatic N) is 3. The highest BCUT2D eigenvalue weighted by Crippen LogP contribution is 2.37. The average molecular weight is 560 g/mol. The number of thiophene rings is 1. The van der Waals surface area contributed by atoms with E-state index in [1.807, 2.05) is 37.3 Å². The molecule has 206 valence electrons. The summed E-state index contributed by atoms with van der Waals surface area (Å²) in [6.07, 6.45) is 4.01. The van der Waals surface area contributed by atoms with E-state index in [1.165, 1.54) is 22.2 Å². The number of hydrogen-bond donors (Lipinski definition) is 0. The minimum Gasteiger partial charge on any atom is -0.496 e. The Bertz CT molecular complexity index is 1730. The molecule has 1 aliphatic heterocycles. The fourth-order valence-corrected chi connectivity index (χ4v) is 6.45. The Morgan fingerprint density at radius 3 is 2.55 bits per heavy atom. The molecule has 0 bridgehead atoms. The predicted octanol–water partition coefficient (Wildman–Crippen LogP) is 5.12. The molecule has 5 aromatic rings. The number of fused-ring (bicyclic) bond motifs is 1. The van der Waals surface area contributed by atoms with Gasteiger partial charge in [-0.05, 0) is 43.5 Å². The quantitative estimate of drug-likeness (QED) is 0.260. The van der Waals surface area contributed by atoms with Crippen molar-refractivity contribution < 1.29 is 18.6 Å². The third-order valence-electron chi connectivity index (χ3n) is 7.21. The SMILES string of the molecule is COc1ccccc1C(Cn1c(=O)n(-c2ccccc2)c(=O)c2c(C)c(-c3ncco3)sc21)OC1CCOCC1. The molecule has 1 atom stereocenters. The number of rotatable bonds is 8. The molecular weight excluding hydrogens is 530 g/mol. The van der Waals surface area contributed by atoms with Crippen LogP contribution in [0.3, 0.4) is 0 Å². The van der Waals surface area contributed by atoms with Crippen molar-refractivity contribution >= 4 is 21.6 Å². The number of para-hydroxylation sites is 2. The van der Waals surface area contributed by atoms with Gasteiger partial charge in [0.1, 0.15) is 22.9 Å². The lowest BCUT2D eigenvalue weighted by atomic mass is 10.1. The summed E-state index contributed by atoms with van der Waals surface area (Å²) in [5.41, 5.74) is 1.21. The highest BCUT2D eigenvalue weighted by atomic mass is 32.1. The average Bonchev–Trinajstić information content (AvgIpc) is 3.64. The Labute approximate surface area is 234 Å². The maximum absolute atomic E-state index is 14.2. The molecule has 0 saturated carbocycles. The summed E-state index contributed by atoms with van der Waals surface area (Å²) >= 11 is 1.32. The van der Waals surface area contributed by atoms with Gasteiger partial charge in [0.25, 0.3) is 5.56 Å². The van der Waals surface area contributed by atoms with Crippen LogP contribution in [0.15, 0.2) is 81.1 Å². The van der Waals surface area contributed by atoms with Gasteiger partial charge in [-0.1, -0.05) is 36.4 Å². The van der Waals surface area contributed by atoms with Gasteiger partial charge in [-0.15, -0.1) is 11.3 Å². The second kappa shape index (κ2) is 11.2. The Morgan fingerprint density at radius 2 is 1.82 bits per heavy atom. The molecule has 2 aromatic carbocycles. The normalized spacial score (nSPS) is 14.9. The van der Waals surface area contributed by atoms with Gasteiger partial charge in [-0.25, -0.2) is 14.3 Å². The van der Waals surface area contributed by atoms with Crippen LogP contribution in [0.5, 0.6) is 5.75 Å². The summed E-state index contributed by atoms with van der Waals surface area (Å²) in [6.45, 7) is 3.28. The lowest BCUT2D eigenvalue weighted by Crippen LogP contribution is -2.40. The van der Waals surface area contributed by atoms with Crippen molar-refractivity contribution in [2.24, 2.45) is 0 Å². The molecule has 40 heavy (non-hydrogen) atoms. The molecular formula is C30H29N3O6S. The molecule has 0 N–H and O–H groups in total. The van der Waals surface area contributed by atoms with Crippen LogP contribution in [0.25, 0.3) is 26.7 Å². The van der Waals surface area contributed by atoms with Gasteiger partial charge >= 0.3 is 5.69 Å². The standard InChI is InChI=1S/C30H29N3O6S/c1-19-25-28(34)33(20-8-4-3-5-9-20)30(35)32(29(25)40-26(19)27-31-14-17-38-27)18-24(39-21-12-15-37-16-13-21)22-10-6-7-11-23(22)36-2/h3-11,14,17,21,24H,12-13,15-16,18H2,1-2H3. The molecule has 0 radical (unpaired) electrons. The summed E-state index contributed by atoms with van der Waals surface area (Å²) < 4.78 is 26.4. The van der Waals surface area contributed by atoms with E-state index in [0.29, 0.717) is 51.2 Å². The maximum Gasteiger partial charge on any atom is 0.336 e. The second-order valence-corrected chi connectivity index (χ2v) is 10.6. The van der Waals surface area contributed by atoms with E-state index in [1.54, 1.807) is 42.1 Å². The Kier molecular flexibility index (Phi) is 7.38. The first-order chi connectivity index (χ1) is 19.6. The first-order valence-corrected chi connectivity index (χ1v) is 14.0. The lowest BCUT2D eigenvalue weighted by Gasteiger charge is -2.29. The topological polar surface area (TPSA) is 97.7 Å². The Balaban J connectivity index is 1.57. The number of ether oxygens (including phenoxy) is 3. The van der Waals surface area contributed by atoms with Crippen LogP contribution in [-0.4, -0.2) is 40.5 Å². The van der Waals surface area contributed by atoms with Gasteiger partial charge in [-0.2, -0.15) is 0 Å². The van der Waals surface area contributed by atoms with Crippen molar-refractivity contribution in [3.8, 4) is 22.2 Å². The van der Waals surface area contributed by atoms with Crippen LogP contribution >= 0.6 is 11.3 Å². The predicted molar refractivity (Wildman–Crippen MR) is 153 cm³/mol. The summed E-state index contributed by atoms with van der Waals surface area (Å²) in [7, 11) is 1.62. The van der Waals surface area contributed by atoms with Crippen molar-refractivity contribution in [2.75, 3.05) is 20.3 Å². The van der Waals surface area contributed by atoms with Gasteiger partial charge in [0, 0.05) is 18.8 Å². The summed E-state index contributed by atoms with van der Waals surface area (Å²) in [5, 5.41) is 0.450. The Hall–Kier alpha value is -3.99. The minimum absolute atomic E-state index is 0.0390. The monoisotopic (exact) mass is 559 g/mol. The van der Waals surface area contributed by atoms with Crippen molar-refractivity contribution in [1.29, 1.82) is 0 Å². The Morgan fingerprint density at radius 1 is 1.07 bits per heavy atom. The lowest BCUT2D eigenvalue weighted by molar-refractivity contribution is -0.0752. The summed E-state index contributed by atoms with van der Waals surface area (Å²) in [4.78, 5) is 33.7. The zero-order valence-electron chi connectivity index (χ0n) is 22.2. The zero-order valence-corrected chi connectivity index (χ0v) is 23.1. The molecule has 6 rings (SSSR count). The van der Waals surface area contributed by atoms with Gasteiger partial charge < -0.3 is 18.6 Å². The molecule has 0 amide bonds. The van der Waals surface area contributed by atoms with Crippen molar-refractivity contribution in [1.82, 2.24) is 14.1 Å². The molecule has 4 heterocycles. The van der Waals surface area contributed by atoms with Crippen LogP contribution in [0, 0.1) is 6.92 Å². The van der Waals surface area contributed by atoms with Crippen LogP contribution in [0.2, 0.25) is 0 Å². The van der Waals surface area contributed by atoms with Crippen LogP contribution < -0.4 is 16.0 Å². The number of aromatic nitrogens is 3. The number of methoxy groups -OCH3 is 1. The zero-order chi connectivity index (χ0) is 27.6. The minimum atomic E-state index is -0.519. The van der Waals surface area contributed by atoms with Gasteiger partial charge in [-0.3, -0.25) is 9.36 Å². The largest absolute Gasteiger partial charge is 0.496 e. The highest BCUT2D eigenvalue weighted by molar-refractivity contribution is 7.22. The first kappa shape index (κ1) is 26.2. The first-order valence-electron chi connectivity index (χ1n) is 13.2. The molecule has 10 heteroatoms. The molecule has 1 fully saturated rings. The molecule has 1 aliphatic rings. The van der Waals surface area contributed by atoms with Crippen LogP contribution in [0.4, 0.5) is 0 Å². The third-order valence-corrected chi connectivity index (χ3v) is 8.52. The molecule has 9 nitrogen and oxygen atoms in total. The molecule has 0 spiro atoms. The summed E-state index contributed by atoms with van der Waals surface area (Å²) in [5.74, 6) is 1.08. The van der Waals surface area contributed by atoms with E-state index >= 15 is 0 Å². The molecule has 1 saturated heterocycles. The van der Waals surface area contributed by atoms with Gasteiger partial charge in [0.05, 0.1) is 41.9 Å². The van der Waals surface area contributed by atoms with Gasteiger partial charge in [0.15, 0.2) is 0 Å². The van der Waals surface area contributed by atoms with E-state index in [0.717, 1.165) is 18.4 Å². The number of hydrogen-bond acceptors (Lipinski definition) is 8. The van der Waals surface area contributed by atoms with E-state index in [4.69, 9.17) is 18.6 Å². The summed E-state index contributed by atoms with van der Waals surface area (Å²) in [6, 6.07) is 16.6. The number of oxazole rings is 1. The van der Waals surface area contributed by atoms with Crippen molar-refractivity contribution in [2.45, 2.75) is 38.5 Å². The molecule has 3 aromatic heterocycles. The smallest absolute Gasteiger partial charge is 0.336 e. The molecule has 0 aliphatic carbocycles. The van der Waals surface area contributed by atoms with E-state index in [-0.39, 0.29) is 18.2 Å². The van der Waals surface area contributed by atoms with E-state index in [9.17, 15) is 9.59 Å². The third kappa shape index (κ3) is 4.78.